The third kappa shape index (κ3) is 3.63. The van der Waals surface area contributed by atoms with E-state index < -0.39 is 0 Å². The van der Waals surface area contributed by atoms with Crippen LogP contribution >= 0.6 is 15.9 Å². The monoisotopic (exact) mass is 273 g/mol. The lowest BCUT2D eigenvalue weighted by atomic mass is 10.1. The van der Waals surface area contributed by atoms with Crippen LogP contribution in [-0.2, 0) is 0 Å². The Morgan fingerprint density at radius 2 is 2.27 bits per heavy atom. The molecule has 2 nitrogen and oxygen atoms in total. The van der Waals surface area contributed by atoms with E-state index in [1.165, 1.54) is 18.2 Å². The highest BCUT2D eigenvalue weighted by atomic mass is 79.9. The summed E-state index contributed by atoms with van der Waals surface area (Å²) in [5, 5.41) is 2.75. The van der Waals surface area contributed by atoms with Crippen molar-refractivity contribution in [1.82, 2.24) is 5.32 Å². The van der Waals surface area contributed by atoms with Crippen molar-refractivity contribution in [2.75, 3.05) is 6.54 Å². The predicted octanol–water partition coefficient (Wildman–Crippen LogP) is 2.65. The van der Waals surface area contributed by atoms with Crippen molar-refractivity contribution in [2.24, 2.45) is 0 Å². The van der Waals surface area contributed by atoms with Gasteiger partial charge in [0.15, 0.2) is 0 Å². The summed E-state index contributed by atoms with van der Waals surface area (Å²) < 4.78 is 12.8. The molecule has 0 radical (unpaired) electrons. The molecular weight excluding hydrogens is 261 g/mol. The van der Waals surface area contributed by atoms with Gasteiger partial charge < -0.3 is 5.32 Å². The van der Waals surface area contributed by atoms with Gasteiger partial charge in [0.05, 0.1) is 0 Å². The Kier molecular flexibility index (Phi) is 4.27. The Labute approximate surface area is 97.0 Å². The van der Waals surface area contributed by atoms with Gasteiger partial charge in [-0.2, -0.15) is 0 Å². The molecule has 1 amide bonds. The predicted molar refractivity (Wildman–Crippen MR) is 61.9 cm³/mol. The zero-order chi connectivity index (χ0) is 11.4. The van der Waals surface area contributed by atoms with Gasteiger partial charge in [0.2, 0.25) is 0 Å². The zero-order valence-electron chi connectivity index (χ0n) is 8.68. The molecular formula is C11H13BrFNO. The number of hydrogen-bond acceptors (Lipinski definition) is 1. The number of carbonyl (C=O) groups is 1. The molecule has 0 heterocycles. The minimum Gasteiger partial charge on any atom is -0.351 e. The van der Waals surface area contributed by atoms with E-state index in [-0.39, 0.29) is 16.6 Å². The summed E-state index contributed by atoms with van der Waals surface area (Å²) in [6.45, 7) is 4.21. The van der Waals surface area contributed by atoms with Gasteiger partial charge in [-0.3, -0.25) is 4.79 Å². The second-order valence-corrected chi connectivity index (χ2v) is 5.01. The van der Waals surface area contributed by atoms with E-state index in [0.717, 1.165) is 0 Å². The van der Waals surface area contributed by atoms with Crippen molar-refractivity contribution in [3.05, 3.63) is 35.1 Å². The van der Waals surface area contributed by atoms with Crippen molar-refractivity contribution < 1.29 is 9.18 Å². The van der Waals surface area contributed by atoms with E-state index in [0.29, 0.717) is 17.7 Å². The van der Waals surface area contributed by atoms with Gasteiger partial charge >= 0.3 is 0 Å². The molecule has 1 aromatic rings. The maximum atomic E-state index is 12.8. The molecule has 4 heteroatoms. The van der Waals surface area contributed by atoms with Crippen LogP contribution in [0, 0.1) is 12.7 Å². The molecule has 1 N–H and O–H groups in total. The number of halogens is 2. The van der Waals surface area contributed by atoms with Crippen molar-refractivity contribution in [3.8, 4) is 0 Å². The lowest BCUT2D eigenvalue weighted by molar-refractivity contribution is 0.0953. The fraction of sp³-hybridized carbons (Fsp3) is 0.364. The third-order valence-electron chi connectivity index (χ3n) is 1.98. The molecule has 0 saturated heterocycles. The van der Waals surface area contributed by atoms with Crippen LogP contribution < -0.4 is 5.32 Å². The Morgan fingerprint density at radius 1 is 1.60 bits per heavy atom. The highest BCUT2D eigenvalue weighted by molar-refractivity contribution is 9.09. The summed E-state index contributed by atoms with van der Waals surface area (Å²) in [7, 11) is 0. The van der Waals surface area contributed by atoms with Crippen LogP contribution in [0.15, 0.2) is 18.2 Å². The van der Waals surface area contributed by atoms with E-state index in [1.807, 2.05) is 6.92 Å². The Morgan fingerprint density at radius 3 is 2.80 bits per heavy atom. The van der Waals surface area contributed by atoms with E-state index in [9.17, 15) is 9.18 Å². The number of nitrogens with one attached hydrogen (secondary N) is 1. The first-order valence-electron chi connectivity index (χ1n) is 4.69. The van der Waals surface area contributed by atoms with Crippen molar-refractivity contribution in [3.63, 3.8) is 0 Å². The van der Waals surface area contributed by atoms with Crippen molar-refractivity contribution in [1.29, 1.82) is 0 Å². The number of alkyl halides is 1. The summed E-state index contributed by atoms with van der Waals surface area (Å²) in [5.41, 5.74) is 1.17. The highest BCUT2D eigenvalue weighted by Gasteiger charge is 2.09. The van der Waals surface area contributed by atoms with E-state index >= 15 is 0 Å². The molecule has 15 heavy (non-hydrogen) atoms. The maximum absolute atomic E-state index is 12.8. The smallest absolute Gasteiger partial charge is 0.251 e. The number of rotatable bonds is 3. The number of aryl methyl sites for hydroxylation is 1. The second kappa shape index (κ2) is 5.26. The second-order valence-electron chi connectivity index (χ2n) is 3.45. The minimum atomic E-state index is -0.321. The average molecular weight is 274 g/mol. The first-order valence-corrected chi connectivity index (χ1v) is 5.60. The highest BCUT2D eigenvalue weighted by Crippen LogP contribution is 2.10. The van der Waals surface area contributed by atoms with Crippen LogP contribution in [0.1, 0.15) is 22.8 Å². The summed E-state index contributed by atoms with van der Waals surface area (Å²) in [6.07, 6.45) is 0. The number of hydrogen-bond donors (Lipinski definition) is 1. The largest absolute Gasteiger partial charge is 0.351 e. The quantitative estimate of drug-likeness (QED) is 0.843. The Hall–Kier alpha value is -0.900. The topological polar surface area (TPSA) is 29.1 Å². The van der Waals surface area contributed by atoms with Crippen LogP contribution in [0.4, 0.5) is 4.39 Å². The van der Waals surface area contributed by atoms with E-state index in [4.69, 9.17) is 0 Å². The summed E-state index contributed by atoms with van der Waals surface area (Å²) >= 11 is 3.33. The van der Waals surface area contributed by atoms with Crippen LogP contribution in [0.5, 0.6) is 0 Å². The molecule has 1 aromatic carbocycles. The number of amides is 1. The molecule has 0 aliphatic heterocycles. The molecule has 0 fully saturated rings. The third-order valence-corrected chi connectivity index (χ3v) is 2.30. The van der Waals surface area contributed by atoms with Gasteiger partial charge in [-0.15, -0.1) is 0 Å². The van der Waals surface area contributed by atoms with Crippen LogP contribution in [-0.4, -0.2) is 17.3 Å². The van der Waals surface area contributed by atoms with Crippen LogP contribution in [0.2, 0.25) is 0 Å². The zero-order valence-corrected chi connectivity index (χ0v) is 10.3. The Balaban J connectivity index is 2.74. The number of carbonyl (C=O) groups excluding carboxylic acids is 1. The van der Waals surface area contributed by atoms with Gasteiger partial charge in [0.1, 0.15) is 5.82 Å². The first kappa shape index (κ1) is 12.2. The first-order chi connectivity index (χ1) is 7.00. The lowest BCUT2D eigenvalue weighted by Crippen LogP contribution is -2.28. The summed E-state index contributed by atoms with van der Waals surface area (Å²) in [6, 6.07) is 4.14. The van der Waals surface area contributed by atoms with E-state index in [1.54, 1.807) is 6.92 Å². The lowest BCUT2D eigenvalue weighted by Gasteiger charge is -2.08. The molecule has 0 aliphatic rings. The number of benzene rings is 1. The summed E-state index contributed by atoms with van der Waals surface area (Å²) in [5.74, 6) is -0.489. The Bertz CT molecular complexity index is 366. The normalized spacial score (nSPS) is 12.3. The molecule has 0 aliphatic carbocycles. The van der Waals surface area contributed by atoms with Crippen molar-refractivity contribution >= 4 is 21.8 Å². The fourth-order valence-electron chi connectivity index (χ4n) is 1.21. The van der Waals surface area contributed by atoms with Gasteiger partial charge in [0.25, 0.3) is 5.91 Å². The molecule has 0 saturated carbocycles. The molecule has 1 unspecified atom stereocenters. The SMILES string of the molecule is Cc1cc(F)ccc1C(=O)NCC(C)Br. The molecule has 0 spiro atoms. The standard InChI is InChI=1S/C11H13BrFNO/c1-7-5-9(13)3-4-10(7)11(15)14-6-8(2)12/h3-5,8H,6H2,1-2H3,(H,14,15). The van der Waals surface area contributed by atoms with Gasteiger partial charge in [-0.1, -0.05) is 22.9 Å². The van der Waals surface area contributed by atoms with Gasteiger partial charge in [-0.25, -0.2) is 4.39 Å². The minimum absolute atomic E-state index is 0.168. The summed E-state index contributed by atoms with van der Waals surface area (Å²) in [4.78, 5) is 11.9. The molecule has 1 rings (SSSR count). The van der Waals surface area contributed by atoms with Gasteiger partial charge in [-0.05, 0) is 30.7 Å². The van der Waals surface area contributed by atoms with Gasteiger partial charge in [0, 0.05) is 16.9 Å². The fourth-order valence-corrected chi connectivity index (χ4v) is 1.37. The molecule has 82 valence electrons. The van der Waals surface area contributed by atoms with Crippen LogP contribution in [0.25, 0.3) is 0 Å². The maximum Gasteiger partial charge on any atom is 0.251 e. The average Bonchev–Trinajstić information content (AvgIpc) is 2.14. The van der Waals surface area contributed by atoms with Crippen molar-refractivity contribution in [2.45, 2.75) is 18.7 Å². The molecule has 1 atom stereocenters. The molecule has 0 bridgehead atoms. The molecule has 0 aromatic heterocycles. The van der Waals surface area contributed by atoms with E-state index in [2.05, 4.69) is 21.2 Å². The van der Waals surface area contributed by atoms with Crippen LogP contribution in [0.3, 0.4) is 0 Å².